The van der Waals surface area contributed by atoms with Gasteiger partial charge in [0.2, 0.25) is 11.8 Å². The highest BCUT2D eigenvalue weighted by Crippen LogP contribution is 2.60. The van der Waals surface area contributed by atoms with Gasteiger partial charge in [-0.15, -0.1) is 0 Å². The molecule has 0 aromatic heterocycles. The zero-order chi connectivity index (χ0) is 36.3. The van der Waals surface area contributed by atoms with E-state index in [9.17, 15) is 19.2 Å². The van der Waals surface area contributed by atoms with Gasteiger partial charge in [-0.2, -0.15) is 0 Å². The SMILES string of the molecule is CCOc1ccc(N2C(=O)C3C(C2=O)N2C(c4ccc(OC)cc4)C4C(=O)N(c5ccc(OCC)cc5)C(=O)C4N2C3c2ccc(OC)cc2)cc1. The van der Waals surface area contributed by atoms with Crippen molar-refractivity contribution in [3.63, 3.8) is 0 Å². The predicted octanol–water partition coefficient (Wildman–Crippen LogP) is 4.95. The third-order valence-electron chi connectivity index (χ3n) is 10.5. The van der Waals surface area contributed by atoms with Crippen molar-refractivity contribution in [2.75, 3.05) is 37.2 Å². The molecule has 0 saturated carbocycles. The van der Waals surface area contributed by atoms with Crippen molar-refractivity contribution >= 4 is 35.0 Å². The Kier molecular flexibility index (Phi) is 8.43. The van der Waals surface area contributed by atoms with Gasteiger partial charge >= 0.3 is 0 Å². The number of nitrogens with zero attached hydrogens (tertiary/aromatic N) is 4. The van der Waals surface area contributed by atoms with Gasteiger partial charge in [0, 0.05) is 0 Å². The maximum Gasteiger partial charge on any atom is 0.253 e. The van der Waals surface area contributed by atoms with E-state index in [0.717, 1.165) is 0 Å². The number of rotatable bonds is 10. The summed E-state index contributed by atoms with van der Waals surface area (Å²) in [4.78, 5) is 61.3. The summed E-state index contributed by atoms with van der Waals surface area (Å²) in [5, 5.41) is 3.69. The second-order valence-corrected chi connectivity index (χ2v) is 13.0. The minimum atomic E-state index is -0.997. The molecule has 4 fully saturated rings. The summed E-state index contributed by atoms with van der Waals surface area (Å²) >= 11 is 0. The number of fused-ring (bicyclic) bond motifs is 5. The summed E-state index contributed by atoms with van der Waals surface area (Å²) in [5.74, 6) is -0.952. The molecule has 0 radical (unpaired) electrons. The van der Waals surface area contributed by atoms with Gasteiger partial charge in [-0.3, -0.25) is 19.2 Å². The van der Waals surface area contributed by atoms with Gasteiger partial charge in [0.15, 0.2) is 0 Å². The molecule has 8 rings (SSSR count). The third kappa shape index (κ3) is 5.04. The van der Waals surface area contributed by atoms with Crippen LogP contribution >= 0.6 is 0 Å². The van der Waals surface area contributed by atoms with Crippen molar-refractivity contribution in [2.24, 2.45) is 11.8 Å². The van der Waals surface area contributed by atoms with Crippen LogP contribution in [0, 0.1) is 11.8 Å². The number of ether oxygens (including phenoxy) is 4. The van der Waals surface area contributed by atoms with Crippen molar-refractivity contribution in [3.05, 3.63) is 108 Å². The monoisotopic (exact) mass is 702 g/mol. The molecule has 6 unspecified atom stereocenters. The second-order valence-electron chi connectivity index (χ2n) is 13.0. The largest absolute Gasteiger partial charge is 0.497 e. The third-order valence-corrected chi connectivity index (χ3v) is 10.5. The first-order chi connectivity index (χ1) is 25.3. The normalized spacial score (nSPS) is 25.4. The highest BCUT2D eigenvalue weighted by molar-refractivity contribution is 6.26. The Labute approximate surface area is 301 Å². The number of anilines is 2. The topological polar surface area (TPSA) is 118 Å². The lowest BCUT2D eigenvalue weighted by atomic mass is 9.84. The van der Waals surface area contributed by atoms with E-state index in [0.29, 0.717) is 58.7 Å². The minimum Gasteiger partial charge on any atom is -0.497 e. The molecule has 266 valence electrons. The molecule has 4 saturated heterocycles. The Morgan fingerprint density at radius 1 is 0.442 bits per heavy atom. The number of imide groups is 2. The van der Waals surface area contributed by atoms with Crippen LogP contribution in [0.5, 0.6) is 23.0 Å². The van der Waals surface area contributed by atoms with Crippen LogP contribution in [0.15, 0.2) is 97.1 Å². The Morgan fingerprint density at radius 2 is 0.769 bits per heavy atom. The summed E-state index contributed by atoms with van der Waals surface area (Å²) in [5.41, 5.74) is 2.26. The van der Waals surface area contributed by atoms with Gasteiger partial charge < -0.3 is 18.9 Å². The molecule has 4 aliphatic rings. The first-order valence-electron chi connectivity index (χ1n) is 17.4. The van der Waals surface area contributed by atoms with Crippen molar-refractivity contribution in [3.8, 4) is 23.0 Å². The zero-order valence-corrected chi connectivity index (χ0v) is 29.2. The van der Waals surface area contributed by atoms with E-state index in [4.69, 9.17) is 18.9 Å². The van der Waals surface area contributed by atoms with Crippen molar-refractivity contribution in [2.45, 2.75) is 38.0 Å². The molecule has 0 bridgehead atoms. The molecule has 4 heterocycles. The maximum atomic E-state index is 14.7. The number of methoxy groups -OCH3 is 2. The van der Waals surface area contributed by atoms with Crippen LogP contribution in [0.3, 0.4) is 0 Å². The quantitative estimate of drug-likeness (QED) is 0.210. The average Bonchev–Trinajstić information content (AvgIpc) is 3.84. The summed E-state index contributed by atoms with van der Waals surface area (Å²) in [6, 6.07) is 24.8. The summed E-state index contributed by atoms with van der Waals surface area (Å²) in [7, 11) is 3.14. The van der Waals surface area contributed by atoms with Gasteiger partial charge in [-0.05, 0) is 97.8 Å². The molecule has 0 spiro atoms. The number of carbonyl (C=O) groups is 4. The summed E-state index contributed by atoms with van der Waals surface area (Å²) in [6.45, 7) is 4.71. The maximum absolute atomic E-state index is 14.7. The van der Waals surface area contributed by atoms with Gasteiger partial charge in [0.25, 0.3) is 11.8 Å². The second kappa shape index (κ2) is 13.1. The standard InChI is InChI=1S/C40H38N4O8/c1-5-51-29-19-11-25(12-20-29)41-37(45)31-33(23-7-15-27(49-3)16-8-23)44-36-32(38(46)42(40(36)48)26-13-21-30(22-14-26)52-6-2)34(43(44)35(31)39(41)47)24-9-17-28(50-4)18-10-24/h7-22,31-36H,5-6H2,1-4H3. The number of hydrazine groups is 1. The van der Waals surface area contributed by atoms with Crippen LogP contribution in [0.4, 0.5) is 11.4 Å². The van der Waals surface area contributed by atoms with E-state index in [2.05, 4.69) is 0 Å². The summed E-state index contributed by atoms with van der Waals surface area (Å²) < 4.78 is 22.1. The molecular formula is C40H38N4O8. The Morgan fingerprint density at radius 3 is 1.08 bits per heavy atom. The highest BCUT2D eigenvalue weighted by Gasteiger charge is 2.73. The van der Waals surface area contributed by atoms with Crippen LogP contribution in [0.2, 0.25) is 0 Å². The van der Waals surface area contributed by atoms with Gasteiger partial charge in [-0.25, -0.2) is 19.8 Å². The van der Waals surface area contributed by atoms with Crippen molar-refractivity contribution in [1.82, 2.24) is 10.0 Å². The molecule has 12 heteroatoms. The molecule has 4 aliphatic heterocycles. The molecule has 4 amide bonds. The molecular weight excluding hydrogens is 664 g/mol. The highest BCUT2D eigenvalue weighted by atomic mass is 16.5. The van der Waals surface area contributed by atoms with Crippen LogP contribution in [0.25, 0.3) is 0 Å². The molecule has 0 aliphatic carbocycles. The molecule has 4 aromatic rings. The Balaban J connectivity index is 1.28. The van der Waals surface area contributed by atoms with Crippen LogP contribution in [-0.4, -0.2) is 73.2 Å². The van der Waals surface area contributed by atoms with Gasteiger partial charge in [0.1, 0.15) is 35.1 Å². The Bertz CT molecular complexity index is 1870. The summed E-state index contributed by atoms with van der Waals surface area (Å²) in [6.07, 6.45) is 0. The van der Waals surface area contributed by atoms with E-state index in [1.165, 1.54) is 9.80 Å². The van der Waals surface area contributed by atoms with E-state index >= 15 is 0 Å². The zero-order valence-electron chi connectivity index (χ0n) is 29.2. The van der Waals surface area contributed by atoms with E-state index in [1.54, 1.807) is 87.0 Å². The molecule has 4 aromatic carbocycles. The number of hydrogen-bond donors (Lipinski definition) is 0. The predicted molar refractivity (Wildman–Crippen MR) is 190 cm³/mol. The fraction of sp³-hybridized carbons (Fsp3) is 0.300. The minimum absolute atomic E-state index is 0.389. The molecule has 6 atom stereocenters. The number of amides is 4. The first kappa shape index (κ1) is 33.4. The average molecular weight is 703 g/mol. The number of hydrogen-bond acceptors (Lipinski definition) is 10. The fourth-order valence-electron chi connectivity index (χ4n) is 8.33. The number of benzene rings is 4. The first-order valence-corrected chi connectivity index (χ1v) is 17.4. The number of carbonyl (C=O) groups excluding carboxylic acids is 4. The lowest BCUT2D eigenvalue weighted by Gasteiger charge is -2.35. The lowest BCUT2D eigenvalue weighted by Crippen LogP contribution is -2.50. The van der Waals surface area contributed by atoms with Crippen molar-refractivity contribution < 1.29 is 38.1 Å². The van der Waals surface area contributed by atoms with E-state index in [-0.39, 0.29) is 11.8 Å². The van der Waals surface area contributed by atoms with Crippen LogP contribution in [0.1, 0.15) is 37.1 Å². The van der Waals surface area contributed by atoms with Crippen LogP contribution < -0.4 is 28.7 Å². The molecule has 12 nitrogen and oxygen atoms in total. The van der Waals surface area contributed by atoms with Crippen LogP contribution in [-0.2, 0) is 19.2 Å². The molecule has 0 N–H and O–H groups in total. The fourth-order valence-corrected chi connectivity index (χ4v) is 8.33. The van der Waals surface area contributed by atoms with Crippen molar-refractivity contribution in [1.29, 1.82) is 0 Å². The van der Waals surface area contributed by atoms with Gasteiger partial charge in [-0.1, -0.05) is 24.3 Å². The van der Waals surface area contributed by atoms with Gasteiger partial charge in [0.05, 0.1) is 62.7 Å². The smallest absolute Gasteiger partial charge is 0.253 e. The lowest BCUT2D eigenvalue weighted by molar-refractivity contribution is -0.136. The van der Waals surface area contributed by atoms with E-state index < -0.39 is 47.8 Å². The Hall–Kier alpha value is -5.72. The van der Waals surface area contributed by atoms with E-state index in [1.807, 2.05) is 48.1 Å². The molecule has 52 heavy (non-hydrogen) atoms.